The van der Waals surface area contributed by atoms with Crippen molar-refractivity contribution in [3.05, 3.63) is 66.1 Å². The maximum absolute atomic E-state index is 5.82. The van der Waals surface area contributed by atoms with Crippen LogP contribution in [0.25, 0.3) is 10.9 Å². The van der Waals surface area contributed by atoms with Gasteiger partial charge in [-0.1, -0.05) is 24.3 Å². The van der Waals surface area contributed by atoms with Crippen LogP contribution in [0.5, 0.6) is 5.75 Å². The van der Waals surface area contributed by atoms with Crippen LogP contribution in [0, 0.1) is 0 Å². The summed E-state index contributed by atoms with van der Waals surface area (Å²) in [6.07, 6.45) is 3.55. The monoisotopic (exact) mass is 265 g/mol. The number of aromatic nitrogens is 2. The second-order valence-electron chi connectivity index (χ2n) is 4.48. The highest BCUT2D eigenvalue weighted by atomic mass is 16.5. The zero-order valence-electron chi connectivity index (χ0n) is 11.0. The summed E-state index contributed by atoms with van der Waals surface area (Å²) in [5.41, 5.74) is 8.30. The Labute approximate surface area is 117 Å². The molecule has 0 saturated heterocycles. The van der Waals surface area contributed by atoms with Gasteiger partial charge in [-0.15, -0.1) is 0 Å². The Morgan fingerprint density at radius 1 is 1.00 bits per heavy atom. The van der Waals surface area contributed by atoms with E-state index in [4.69, 9.17) is 10.5 Å². The molecule has 2 aromatic heterocycles. The molecular weight excluding hydrogens is 250 g/mol. The average Bonchev–Trinajstić information content (AvgIpc) is 2.53. The van der Waals surface area contributed by atoms with Crippen molar-refractivity contribution in [3.63, 3.8) is 0 Å². The van der Waals surface area contributed by atoms with Gasteiger partial charge in [0, 0.05) is 24.3 Å². The second kappa shape index (κ2) is 5.67. The summed E-state index contributed by atoms with van der Waals surface area (Å²) in [6, 6.07) is 13.7. The number of nitrogens with two attached hydrogens (primary N) is 1. The third kappa shape index (κ3) is 2.60. The Kier molecular flexibility index (Phi) is 3.56. The van der Waals surface area contributed by atoms with Gasteiger partial charge in [0.05, 0.1) is 5.69 Å². The van der Waals surface area contributed by atoms with Crippen LogP contribution >= 0.6 is 0 Å². The highest BCUT2D eigenvalue weighted by molar-refractivity contribution is 5.84. The summed E-state index contributed by atoms with van der Waals surface area (Å²) in [5.74, 6) is 0.771. The number of nitrogens with zero attached hydrogens (tertiary/aromatic N) is 2. The lowest BCUT2D eigenvalue weighted by Gasteiger charge is -2.08. The fraction of sp³-hybridized carbons (Fsp3) is 0.125. The minimum atomic E-state index is 0.417. The van der Waals surface area contributed by atoms with Crippen LogP contribution in [0.2, 0.25) is 0 Å². The number of hydrogen-bond acceptors (Lipinski definition) is 4. The van der Waals surface area contributed by atoms with Crippen LogP contribution in [-0.2, 0) is 13.2 Å². The molecule has 2 heterocycles. The predicted octanol–water partition coefficient (Wildman–Crippen LogP) is 2.67. The van der Waals surface area contributed by atoms with Gasteiger partial charge in [-0.25, -0.2) is 0 Å². The van der Waals surface area contributed by atoms with Crippen molar-refractivity contribution < 1.29 is 4.74 Å². The molecule has 0 saturated carbocycles. The summed E-state index contributed by atoms with van der Waals surface area (Å²) < 4.78 is 5.82. The minimum Gasteiger partial charge on any atom is -0.485 e. The number of ether oxygens (including phenoxy) is 1. The topological polar surface area (TPSA) is 61.0 Å². The van der Waals surface area contributed by atoms with Gasteiger partial charge in [0.25, 0.3) is 0 Å². The maximum Gasteiger partial charge on any atom is 0.146 e. The van der Waals surface area contributed by atoms with E-state index in [0.717, 1.165) is 27.9 Å². The Balaban J connectivity index is 1.79. The number of hydrogen-bond donors (Lipinski definition) is 1. The van der Waals surface area contributed by atoms with Crippen molar-refractivity contribution in [2.45, 2.75) is 13.2 Å². The molecule has 100 valence electrons. The third-order valence-corrected chi connectivity index (χ3v) is 3.09. The number of rotatable bonds is 4. The highest BCUT2D eigenvalue weighted by Gasteiger charge is 2.03. The van der Waals surface area contributed by atoms with Gasteiger partial charge in [0.1, 0.15) is 17.9 Å². The van der Waals surface area contributed by atoms with Gasteiger partial charge in [-0.3, -0.25) is 9.97 Å². The molecule has 4 nitrogen and oxygen atoms in total. The van der Waals surface area contributed by atoms with Gasteiger partial charge >= 0.3 is 0 Å². The molecule has 0 fully saturated rings. The quantitative estimate of drug-likeness (QED) is 0.787. The van der Waals surface area contributed by atoms with E-state index in [1.165, 1.54) is 0 Å². The first-order chi connectivity index (χ1) is 9.86. The Morgan fingerprint density at radius 2 is 1.90 bits per heavy atom. The van der Waals surface area contributed by atoms with Crippen LogP contribution in [0.3, 0.4) is 0 Å². The molecule has 0 bridgehead atoms. The lowest BCUT2D eigenvalue weighted by atomic mass is 10.2. The van der Waals surface area contributed by atoms with Crippen molar-refractivity contribution in [2.24, 2.45) is 5.73 Å². The van der Waals surface area contributed by atoms with Crippen LogP contribution in [0.4, 0.5) is 0 Å². The van der Waals surface area contributed by atoms with Gasteiger partial charge in [0.15, 0.2) is 0 Å². The van der Waals surface area contributed by atoms with E-state index >= 15 is 0 Å². The molecule has 3 rings (SSSR count). The largest absolute Gasteiger partial charge is 0.485 e. The first kappa shape index (κ1) is 12.6. The van der Waals surface area contributed by atoms with E-state index in [-0.39, 0.29) is 0 Å². The number of benzene rings is 1. The zero-order chi connectivity index (χ0) is 13.8. The first-order valence-electron chi connectivity index (χ1n) is 6.47. The van der Waals surface area contributed by atoms with Gasteiger partial charge < -0.3 is 10.5 Å². The van der Waals surface area contributed by atoms with E-state index in [0.29, 0.717) is 13.2 Å². The van der Waals surface area contributed by atoms with E-state index in [9.17, 15) is 0 Å². The average molecular weight is 265 g/mol. The summed E-state index contributed by atoms with van der Waals surface area (Å²) in [4.78, 5) is 8.68. The molecule has 1 aromatic carbocycles. The van der Waals surface area contributed by atoms with Gasteiger partial charge in [0.2, 0.25) is 0 Å². The summed E-state index contributed by atoms with van der Waals surface area (Å²) in [5, 5.41) is 1.07. The SMILES string of the molecule is NCc1ccc(COc2cccc3cccnc23)nc1. The normalized spacial score (nSPS) is 10.7. The van der Waals surface area contributed by atoms with Crippen molar-refractivity contribution in [1.29, 1.82) is 0 Å². The predicted molar refractivity (Wildman–Crippen MR) is 78.2 cm³/mol. The van der Waals surface area contributed by atoms with Crippen LogP contribution in [-0.4, -0.2) is 9.97 Å². The fourth-order valence-corrected chi connectivity index (χ4v) is 2.01. The lowest BCUT2D eigenvalue weighted by molar-refractivity contribution is 0.304. The van der Waals surface area contributed by atoms with Crippen molar-refractivity contribution >= 4 is 10.9 Å². The Hall–Kier alpha value is -2.46. The van der Waals surface area contributed by atoms with E-state index < -0.39 is 0 Å². The molecule has 0 amide bonds. The number of fused-ring (bicyclic) bond motifs is 1. The van der Waals surface area contributed by atoms with Crippen molar-refractivity contribution in [2.75, 3.05) is 0 Å². The van der Waals surface area contributed by atoms with E-state index in [2.05, 4.69) is 9.97 Å². The molecule has 0 spiro atoms. The summed E-state index contributed by atoms with van der Waals surface area (Å²) in [6.45, 7) is 0.919. The first-order valence-corrected chi connectivity index (χ1v) is 6.47. The molecular formula is C16H15N3O. The van der Waals surface area contributed by atoms with E-state index in [1.54, 1.807) is 12.4 Å². The van der Waals surface area contributed by atoms with Crippen molar-refractivity contribution in [1.82, 2.24) is 9.97 Å². The van der Waals surface area contributed by atoms with Crippen LogP contribution in [0.1, 0.15) is 11.3 Å². The zero-order valence-corrected chi connectivity index (χ0v) is 11.0. The fourth-order valence-electron chi connectivity index (χ4n) is 2.01. The molecule has 0 aliphatic rings. The molecule has 4 heteroatoms. The molecule has 0 atom stereocenters. The van der Waals surface area contributed by atoms with Crippen LogP contribution in [0.15, 0.2) is 54.9 Å². The third-order valence-electron chi connectivity index (χ3n) is 3.09. The molecule has 3 aromatic rings. The standard InChI is InChI=1S/C16H15N3O/c17-9-12-6-7-14(19-10-12)11-20-15-5-1-3-13-4-2-8-18-16(13)15/h1-8,10H,9,11,17H2. The molecule has 0 aliphatic carbocycles. The Morgan fingerprint density at radius 3 is 2.70 bits per heavy atom. The van der Waals surface area contributed by atoms with Crippen LogP contribution < -0.4 is 10.5 Å². The number of pyridine rings is 2. The number of para-hydroxylation sites is 1. The lowest BCUT2D eigenvalue weighted by Crippen LogP contribution is -2.01. The smallest absolute Gasteiger partial charge is 0.146 e. The molecule has 2 N–H and O–H groups in total. The highest BCUT2D eigenvalue weighted by Crippen LogP contribution is 2.23. The molecule has 0 radical (unpaired) electrons. The van der Waals surface area contributed by atoms with E-state index in [1.807, 2.05) is 42.5 Å². The van der Waals surface area contributed by atoms with Crippen molar-refractivity contribution in [3.8, 4) is 5.75 Å². The minimum absolute atomic E-state index is 0.417. The second-order valence-corrected chi connectivity index (χ2v) is 4.48. The summed E-state index contributed by atoms with van der Waals surface area (Å²) >= 11 is 0. The molecule has 0 unspecified atom stereocenters. The van der Waals surface area contributed by atoms with Gasteiger partial charge in [-0.2, -0.15) is 0 Å². The molecule has 0 aliphatic heterocycles. The molecule has 20 heavy (non-hydrogen) atoms. The maximum atomic E-state index is 5.82. The Bertz CT molecular complexity index is 705. The summed E-state index contributed by atoms with van der Waals surface area (Å²) in [7, 11) is 0. The van der Waals surface area contributed by atoms with Gasteiger partial charge in [-0.05, 0) is 23.8 Å².